The third-order valence-electron chi connectivity index (χ3n) is 2.96. The molecule has 1 aromatic heterocycles. The molecule has 19 heavy (non-hydrogen) atoms. The molecule has 1 saturated heterocycles. The Bertz CT molecular complexity index is 683. The topological polar surface area (TPSA) is 77.5 Å². The second-order valence-corrected chi connectivity index (χ2v) is 4.03. The number of hydrogen-bond acceptors (Lipinski definition) is 5. The molecule has 1 fully saturated rings. The minimum Gasteiger partial charge on any atom is -0.496 e. The molecule has 0 bridgehead atoms. The monoisotopic (exact) mass is 258 g/mol. The predicted molar refractivity (Wildman–Crippen MR) is 65.7 cm³/mol. The Kier molecular flexibility index (Phi) is 2.56. The van der Waals surface area contributed by atoms with Crippen LogP contribution in [0.5, 0.6) is 5.75 Å². The molecule has 2 aromatic rings. The predicted octanol–water partition coefficient (Wildman–Crippen LogP) is 1.55. The van der Waals surface area contributed by atoms with Crippen molar-refractivity contribution in [3.8, 4) is 5.75 Å². The fourth-order valence-electron chi connectivity index (χ4n) is 2.15. The zero-order chi connectivity index (χ0) is 13.4. The number of carbonyl (C=O) groups is 2. The van der Waals surface area contributed by atoms with Crippen LogP contribution in [-0.2, 0) is 9.53 Å². The van der Waals surface area contributed by atoms with E-state index < -0.39 is 18.1 Å². The fourth-order valence-corrected chi connectivity index (χ4v) is 2.15. The van der Waals surface area contributed by atoms with Gasteiger partial charge in [0.15, 0.2) is 0 Å². The molecule has 1 unspecified atom stereocenters. The van der Waals surface area contributed by atoms with Gasteiger partial charge in [-0.25, -0.2) is 4.79 Å². The van der Waals surface area contributed by atoms with Gasteiger partial charge < -0.3 is 9.47 Å². The lowest BCUT2D eigenvalue weighted by molar-refractivity contribution is -0.123. The molecule has 6 nitrogen and oxygen atoms in total. The summed E-state index contributed by atoms with van der Waals surface area (Å²) in [5, 5.41) is 2.82. The molecule has 1 aromatic carbocycles. The lowest BCUT2D eigenvalue weighted by Crippen LogP contribution is -2.20. The molecule has 1 atom stereocenters. The van der Waals surface area contributed by atoms with Gasteiger partial charge >= 0.3 is 6.09 Å². The van der Waals surface area contributed by atoms with Gasteiger partial charge in [0.05, 0.1) is 18.2 Å². The summed E-state index contributed by atoms with van der Waals surface area (Å²) in [4.78, 5) is 27.1. The maximum absolute atomic E-state index is 11.8. The molecule has 0 spiro atoms. The van der Waals surface area contributed by atoms with Crippen molar-refractivity contribution in [1.29, 1.82) is 0 Å². The second kappa shape index (κ2) is 4.24. The maximum atomic E-state index is 11.8. The Morgan fingerprint density at radius 3 is 2.84 bits per heavy atom. The van der Waals surface area contributed by atoms with Crippen molar-refractivity contribution >= 4 is 22.9 Å². The SMILES string of the molecule is COc1ccc2ncccc2c1C1OC(=O)NC1=O. The molecule has 1 aliphatic heterocycles. The second-order valence-electron chi connectivity index (χ2n) is 4.03. The van der Waals surface area contributed by atoms with Crippen LogP contribution in [0.3, 0.4) is 0 Å². The molecule has 2 amide bonds. The van der Waals surface area contributed by atoms with Crippen LogP contribution in [0.1, 0.15) is 11.7 Å². The van der Waals surface area contributed by atoms with Crippen LogP contribution in [-0.4, -0.2) is 24.1 Å². The Hall–Kier alpha value is -2.63. The van der Waals surface area contributed by atoms with Crippen LogP contribution in [0.2, 0.25) is 0 Å². The van der Waals surface area contributed by atoms with E-state index in [1.54, 1.807) is 30.5 Å². The van der Waals surface area contributed by atoms with Crippen molar-refractivity contribution < 1.29 is 19.1 Å². The molecular weight excluding hydrogens is 248 g/mol. The number of pyridine rings is 1. The minimum absolute atomic E-state index is 0.482. The van der Waals surface area contributed by atoms with Crippen LogP contribution in [0.25, 0.3) is 10.9 Å². The molecule has 0 saturated carbocycles. The van der Waals surface area contributed by atoms with Gasteiger partial charge in [-0.3, -0.25) is 15.1 Å². The largest absolute Gasteiger partial charge is 0.496 e. The van der Waals surface area contributed by atoms with Gasteiger partial charge in [-0.2, -0.15) is 0 Å². The molecule has 0 aliphatic carbocycles. The van der Waals surface area contributed by atoms with E-state index in [0.717, 1.165) is 5.39 Å². The number of alkyl carbamates (subject to hydrolysis) is 1. The number of nitrogens with zero attached hydrogens (tertiary/aromatic N) is 1. The van der Waals surface area contributed by atoms with E-state index in [0.29, 0.717) is 16.8 Å². The van der Waals surface area contributed by atoms with Gasteiger partial charge in [-0.05, 0) is 18.2 Å². The van der Waals surface area contributed by atoms with Gasteiger partial charge in [-0.1, -0.05) is 6.07 Å². The van der Waals surface area contributed by atoms with E-state index in [9.17, 15) is 9.59 Å². The fraction of sp³-hybridized carbons (Fsp3) is 0.154. The highest BCUT2D eigenvalue weighted by Gasteiger charge is 2.36. The number of nitrogens with one attached hydrogen (secondary N) is 1. The average molecular weight is 258 g/mol. The average Bonchev–Trinajstić information content (AvgIpc) is 2.76. The van der Waals surface area contributed by atoms with Gasteiger partial charge in [0.2, 0.25) is 6.10 Å². The summed E-state index contributed by atoms with van der Waals surface area (Å²) in [6.45, 7) is 0. The Labute approximate surface area is 108 Å². The first-order valence-corrected chi connectivity index (χ1v) is 5.64. The number of hydrogen-bond donors (Lipinski definition) is 1. The zero-order valence-corrected chi connectivity index (χ0v) is 10.0. The molecule has 96 valence electrons. The van der Waals surface area contributed by atoms with Crippen LogP contribution in [0.4, 0.5) is 4.79 Å². The van der Waals surface area contributed by atoms with Gasteiger partial charge in [0, 0.05) is 11.6 Å². The standard InChI is InChI=1S/C13H10N2O4/c1-18-9-5-4-8-7(3-2-6-14-8)10(9)11-12(16)15-13(17)19-11/h2-6,11H,1H3,(H,15,16,17). The van der Waals surface area contributed by atoms with Gasteiger partial charge in [-0.15, -0.1) is 0 Å². The van der Waals surface area contributed by atoms with Crippen LogP contribution >= 0.6 is 0 Å². The smallest absolute Gasteiger partial charge is 0.415 e. The third-order valence-corrected chi connectivity index (χ3v) is 2.96. The number of rotatable bonds is 2. The first kappa shape index (κ1) is 11.5. The van der Waals surface area contributed by atoms with Crippen molar-refractivity contribution in [2.24, 2.45) is 0 Å². The molecule has 0 radical (unpaired) electrons. The number of amides is 2. The lowest BCUT2D eigenvalue weighted by atomic mass is 10.0. The van der Waals surface area contributed by atoms with E-state index >= 15 is 0 Å². The number of benzene rings is 1. The molecule has 1 N–H and O–H groups in total. The number of aromatic nitrogens is 1. The van der Waals surface area contributed by atoms with Gasteiger partial charge in [0.25, 0.3) is 5.91 Å². The molecule has 1 aliphatic rings. The minimum atomic E-state index is -1.00. The van der Waals surface area contributed by atoms with Crippen molar-refractivity contribution in [3.05, 3.63) is 36.0 Å². The van der Waals surface area contributed by atoms with Crippen LogP contribution in [0.15, 0.2) is 30.5 Å². The quantitative estimate of drug-likeness (QED) is 0.884. The highest BCUT2D eigenvalue weighted by Crippen LogP contribution is 2.35. The number of ether oxygens (including phenoxy) is 2. The maximum Gasteiger partial charge on any atom is 0.415 e. The summed E-state index contributed by atoms with van der Waals surface area (Å²) in [5.74, 6) is -0.0185. The summed E-state index contributed by atoms with van der Waals surface area (Å²) >= 11 is 0. The van der Waals surface area contributed by atoms with Crippen LogP contribution in [0, 0.1) is 0 Å². The summed E-state index contributed by atoms with van der Waals surface area (Å²) in [7, 11) is 1.50. The van der Waals surface area contributed by atoms with Crippen molar-refractivity contribution in [2.45, 2.75) is 6.10 Å². The first-order valence-electron chi connectivity index (χ1n) is 5.64. The number of fused-ring (bicyclic) bond motifs is 1. The van der Waals surface area contributed by atoms with E-state index in [4.69, 9.17) is 9.47 Å². The molecular formula is C13H10N2O4. The normalized spacial score (nSPS) is 18.3. The highest BCUT2D eigenvalue weighted by atomic mass is 16.6. The van der Waals surface area contributed by atoms with Crippen LogP contribution < -0.4 is 10.1 Å². The summed E-state index contributed by atoms with van der Waals surface area (Å²) in [5.41, 5.74) is 1.21. The molecule has 3 rings (SSSR count). The van der Waals surface area contributed by atoms with Crippen molar-refractivity contribution in [3.63, 3.8) is 0 Å². The number of imide groups is 1. The summed E-state index contributed by atoms with van der Waals surface area (Å²) < 4.78 is 10.3. The van der Waals surface area contributed by atoms with E-state index in [2.05, 4.69) is 10.3 Å². The zero-order valence-electron chi connectivity index (χ0n) is 10.0. The van der Waals surface area contributed by atoms with E-state index in [1.165, 1.54) is 7.11 Å². The summed E-state index contributed by atoms with van der Waals surface area (Å²) in [6.07, 6.45) is -0.104. The molecule has 6 heteroatoms. The number of carbonyl (C=O) groups excluding carboxylic acids is 2. The third kappa shape index (κ3) is 1.77. The Balaban J connectivity index is 2.25. The first-order chi connectivity index (χ1) is 9.20. The van der Waals surface area contributed by atoms with Gasteiger partial charge in [0.1, 0.15) is 5.75 Å². The van der Waals surface area contributed by atoms with E-state index in [-0.39, 0.29) is 0 Å². The Morgan fingerprint density at radius 2 is 2.16 bits per heavy atom. The van der Waals surface area contributed by atoms with E-state index in [1.807, 2.05) is 0 Å². The molecule has 2 heterocycles. The van der Waals surface area contributed by atoms with Crippen molar-refractivity contribution in [1.82, 2.24) is 10.3 Å². The number of methoxy groups -OCH3 is 1. The number of cyclic esters (lactones) is 1. The lowest BCUT2D eigenvalue weighted by Gasteiger charge is -2.14. The summed E-state index contributed by atoms with van der Waals surface area (Å²) in [6, 6.07) is 7.04. The Morgan fingerprint density at radius 1 is 1.32 bits per heavy atom. The highest BCUT2D eigenvalue weighted by molar-refractivity contribution is 6.03. The van der Waals surface area contributed by atoms with Crippen molar-refractivity contribution in [2.75, 3.05) is 7.11 Å².